The molecule has 3 aromatic carbocycles. The lowest BCUT2D eigenvalue weighted by atomic mass is 9.92. The van der Waals surface area contributed by atoms with Crippen LogP contribution >= 0.6 is 11.6 Å². The number of ether oxygens (including phenoxy) is 3. The fraction of sp³-hybridized carbons (Fsp3) is 0.379. The number of fused-ring (bicyclic) bond motifs is 1. The first-order chi connectivity index (χ1) is 18.8. The molecule has 40 heavy (non-hydrogen) atoms. The average molecular weight is 597 g/mol. The Morgan fingerprint density at radius 2 is 1.52 bits per heavy atom. The zero-order valence-electron chi connectivity index (χ0n) is 21.7. The Morgan fingerprint density at radius 1 is 0.925 bits per heavy atom. The maximum atomic E-state index is 13.2. The van der Waals surface area contributed by atoms with Gasteiger partial charge in [-0.25, -0.2) is 0 Å². The summed E-state index contributed by atoms with van der Waals surface area (Å²) in [7, 11) is -5.85. The van der Waals surface area contributed by atoms with Crippen LogP contribution in [0, 0.1) is 5.92 Å². The molecule has 11 heteroatoms. The summed E-state index contributed by atoms with van der Waals surface area (Å²) < 4.78 is 86.3. The molecule has 1 saturated heterocycles. The Kier molecular flexibility index (Phi) is 8.04. The van der Waals surface area contributed by atoms with Crippen LogP contribution in [0.4, 0.5) is 13.2 Å². The lowest BCUT2D eigenvalue weighted by Gasteiger charge is -2.29. The topological polar surface area (TPSA) is 71.1 Å². The second kappa shape index (κ2) is 11.1. The van der Waals surface area contributed by atoms with Crippen molar-refractivity contribution in [2.75, 3.05) is 0 Å². The highest BCUT2D eigenvalue weighted by atomic mass is 35.5. The summed E-state index contributed by atoms with van der Waals surface area (Å²) in [5, 5.41) is 0.502. The predicted octanol–water partition coefficient (Wildman–Crippen LogP) is 7.04. The molecule has 1 aliphatic heterocycles. The third kappa shape index (κ3) is 6.22. The smallest absolute Gasteiger partial charge is 0.368 e. The molecule has 0 N–H and O–H groups in total. The molecule has 2 aliphatic rings. The van der Waals surface area contributed by atoms with Gasteiger partial charge in [0.05, 0.1) is 18.8 Å². The first kappa shape index (κ1) is 29.0. The van der Waals surface area contributed by atoms with Crippen molar-refractivity contribution in [3.63, 3.8) is 0 Å². The van der Waals surface area contributed by atoms with E-state index in [2.05, 4.69) is 4.18 Å². The van der Waals surface area contributed by atoms with Gasteiger partial charge in [0.1, 0.15) is 12.2 Å². The molecule has 3 aromatic rings. The molecule has 214 valence electrons. The SMILES string of the molecule is CC1(C)O[C@@H]2[C@@H]([C@H](OCc3ccc(-c4ccccc4)cc3)c3ccc(Cl)cc3)C[C@H](OS(=O)(=O)C(F)(F)F)[C@@H]2O1. The third-order valence-electron chi connectivity index (χ3n) is 7.07. The maximum absolute atomic E-state index is 13.2. The van der Waals surface area contributed by atoms with Crippen LogP contribution in [0.25, 0.3) is 11.1 Å². The highest BCUT2D eigenvalue weighted by molar-refractivity contribution is 7.87. The van der Waals surface area contributed by atoms with E-state index >= 15 is 0 Å². The van der Waals surface area contributed by atoms with Crippen LogP contribution in [-0.4, -0.2) is 38.0 Å². The van der Waals surface area contributed by atoms with Gasteiger partial charge < -0.3 is 14.2 Å². The van der Waals surface area contributed by atoms with Crippen molar-refractivity contribution in [1.29, 1.82) is 0 Å². The number of alkyl halides is 3. The first-order valence-electron chi connectivity index (χ1n) is 12.7. The van der Waals surface area contributed by atoms with Gasteiger partial charge in [0.15, 0.2) is 5.79 Å². The summed E-state index contributed by atoms with van der Waals surface area (Å²) >= 11 is 6.10. The Balaban J connectivity index is 1.41. The van der Waals surface area contributed by atoms with Crippen molar-refractivity contribution in [3.8, 4) is 11.1 Å². The molecule has 0 aromatic heterocycles. The normalized spacial score (nSPS) is 25.1. The largest absolute Gasteiger partial charge is 0.523 e. The van der Waals surface area contributed by atoms with Gasteiger partial charge in [-0.3, -0.25) is 4.18 Å². The van der Waals surface area contributed by atoms with Crippen LogP contribution in [0.15, 0.2) is 78.9 Å². The van der Waals surface area contributed by atoms with E-state index in [0.717, 1.165) is 16.7 Å². The quantitative estimate of drug-likeness (QED) is 0.205. The van der Waals surface area contributed by atoms with Gasteiger partial charge in [-0.2, -0.15) is 21.6 Å². The molecule has 1 heterocycles. The molecule has 6 nitrogen and oxygen atoms in total. The molecule has 0 unspecified atom stereocenters. The standard InChI is InChI=1S/C29H28ClF3O6S/c1-28(2)37-26-23(16-24(27(26)38-28)39-40(34,35)29(31,32)33)25(21-12-14-22(30)15-13-21)36-17-18-8-10-20(11-9-18)19-6-4-3-5-7-19/h3-15,23-27H,16-17H2,1-2H3/t23-,24+,25-,26-,27+/m1/s1. The minimum Gasteiger partial charge on any atom is -0.368 e. The number of benzene rings is 3. The highest BCUT2D eigenvalue weighted by Gasteiger charge is 2.60. The van der Waals surface area contributed by atoms with Gasteiger partial charge in [0.25, 0.3) is 0 Å². The van der Waals surface area contributed by atoms with E-state index in [1.54, 1.807) is 38.1 Å². The van der Waals surface area contributed by atoms with Crippen molar-refractivity contribution >= 4 is 21.7 Å². The monoisotopic (exact) mass is 596 g/mol. The third-order valence-corrected chi connectivity index (χ3v) is 8.39. The fourth-order valence-electron chi connectivity index (χ4n) is 5.31. The average Bonchev–Trinajstić information content (AvgIpc) is 3.38. The molecule has 1 saturated carbocycles. The zero-order chi connectivity index (χ0) is 28.7. The zero-order valence-corrected chi connectivity index (χ0v) is 23.2. The summed E-state index contributed by atoms with van der Waals surface area (Å²) in [6.45, 7) is 3.42. The van der Waals surface area contributed by atoms with Gasteiger partial charge in [-0.1, -0.05) is 78.3 Å². The molecular weight excluding hydrogens is 569 g/mol. The van der Waals surface area contributed by atoms with Crippen LogP contribution in [0.2, 0.25) is 5.02 Å². The van der Waals surface area contributed by atoms with Crippen LogP contribution in [0.5, 0.6) is 0 Å². The predicted molar refractivity (Wildman–Crippen MR) is 143 cm³/mol. The van der Waals surface area contributed by atoms with Gasteiger partial charge in [0, 0.05) is 10.9 Å². The highest BCUT2D eigenvalue weighted by Crippen LogP contribution is 2.49. The van der Waals surface area contributed by atoms with Crippen molar-refractivity contribution in [2.24, 2.45) is 5.92 Å². The Bertz CT molecular complexity index is 1410. The van der Waals surface area contributed by atoms with Crippen molar-refractivity contribution in [3.05, 3.63) is 95.0 Å². The molecule has 2 fully saturated rings. The number of hydrogen-bond acceptors (Lipinski definition) is 6. The summed E-state index contributed by atoms with van der Waals surface area (Å²) in [5.74, 6) is -1.74. The number of hydrogen-bond donors (Lipinski definition) is 0. The summed E-state index contributed by atoms with van der Waals surface area (Å²) in [5.41, 5.74) is -1.85. The Labute approximate surface area is 236 Å². The van der Waals surface area contributed by atoms with E-state index in [9.17, 15) is 21.6 Å². The minimum absolute atomic E-state index is 0.0963. The van der Waals surface area contributed by atoms with E-state index in [1.165, 1.54) is 0 Å². The van der Waals surface area contributed by atoms with Crippen molar-refractivity contribution in [2.45, 2.75) is 62.6 Å². The van der Waals surface area contributed by atoms with E-state index in [4.69, 9.17) is 25.8 Å². The molecule has 0 amide bonds. The molecule has 0 spiro atoms. The Morgan fingerprint density at radius 3 is 2.15 bits per heavy atom. The summed E-state index contributed by atoms with van der Waals surface area (Å²) in [4.78, 5) is 0. The van der Waals surface area contributed by atoms with Crippen LogP contribution in [0.1, 0.15) is 37.5 Å². The van der Waals surface area contributed by atoms with Gasteiger partial charge >= 0.3 is 15.6 Å². The van der Waals surface area contributed by atoms with E-state index in [1.807, 2.05) is 54.6 Å². The molecule has 0 bridgehead atoms. The Hall–Kier alpha value is -2.47. The van der Waals surface area contributed by atoms with Gasteiger partial charge in [-0.15, -0.1) is 0 Å². The number of rotatable bonds is 8. The van der Waals surface area contributed by atoms with Crippen molar-refractivity contribution < 1.29 is 40.0 Å². The van der Waals surface area contributed by atoms with E-state index in [0.29, 0.717) is 10.6 Å². The molecule has 5 atom stereocenters. The fourth-order valence-corrected chi connectivity index (χ4v) is 6.06. The van der Waals surface area contributed by atoms with Gasteiger partial charge in [0.2, 0.25) is 0 Å². The summed E-state index contributed by atoms with van der Waals surface area (Å²) in [6, 6.07) is 24.7. The minimum atomic E-state index is -5.85. The summed E-state index contributed by atoms with van der Waals surface area (Å²) in [6.07, 6.45) is -4.00. The van der Waals surface area contributed by atoms with Gasteiger partial charge in [-0.05, 0) is 54.7 Å². The van der Waals surface area contributed by atoms with E-state index in [-0.39, 0.29) is 13.0 Å². The van der Waals surface area contributed by atoms with Crippen LogP contribution in [0.3, 0.4) is 0 Å². The maximum Gasteiger partial charge on any atom is 0.523 e. The van der Waals surface area contributed by atoms with Crippen molar-refractivity contribution in [1.82, 2.24) is 0 Å². The lowest BCUT2D eigenvalue weighted by molar-refractivity contribution is -0.172. The molecule has 1 aliphatic carbocycles. The van der Waals surface area contributed by atoms with E-state index < -0.39 is 51.7 Å². The number of halogens is 4. The second-order valence-electron chi connectivity index (χ2n) is 10.3. The van der Waals surface area contributed by atoms with Crippen LogP contribution in [-0.2, 0) is 35.1 Å². The molecular formula is C29H28ClF3O6S. The molecule has 0 radical (unpaired) electrons. The molecule has 5 rings (SSSR count). The van der Waals surface area contributed by atoms with Crippen LogP contribution < -0.4 is 0 Å². The first-order valence-corrected chi connectivity index (χ1v) is 14.5. The second-order valence-corrected chi connectivity index (χ2v) is 12.3. The lowest BCUT2D eigenvalue weighted by Crippen LogP contribution is -2.36.